The van der Waals surface area contributed by atoms with Crippen molar-refractivity contribution in [3.8, 4) is 0 Å². The Hall–Kier alpha value is -1.11. The van der Waals surface area contributed by atoms with E-state index in [1.807, 2.05) is 12.3 Å². The number of urea groups is 1. The molecule has 0 bridgehead atoms. The highest BCUT2D eigenvalue weighted by Gasteiger charge is 2.30. The molecule has 2 rings (SSSR count). The van der Waals surface area contributed by atoms with Crippen LogP contribution in [0, 0.1) is 0 Å². The molecular formula is C14H22N2O3S. The fraction of sp³-hybridized carbons (Fsp3) is 0.643. The van der Waals surface area contributed by atoms with E-state index in [4.69, 9.17) is 9.47 Å². The molecule has 2 N–H and O–H groups in total. The summed E-state index contributed by atoms with van der Waals surface area (Å²) in [6.07, 6.45) is 0.653. The summed E-state index contributed by atoms with van der Waals surface area (Å²) < 4.78 is 11.0. The fourth-order valence-corrected chi connectivity index (χ4v) is 2.87. The molecule has 0 unspecified atom stereocenters. The largest absolute Gasteiger partial charge is 0.348 e. The van der Waals surface area contributed by atoms with Crippen molar-refractivity contribution < 1.29 is 14.3 Å². The first kappa shape index (κ1) is 15.3. The number of carbonyl (C=O) groups is 1. The van der Waals surface area contributed by atoms with Crippen molar-refractivity contribution in [3.05, 3.63) is 22.4 Å². The van der Waals surface area contributed by atoms with Gasteiger partial charge in [0, 0.05) is 19.5 Å². The molecule has 1 aliphatic rings. The molecule has 0 spiro atoms. The summed E-state index contributed by atoms with van der Waals surface area (Å²) in [5.41, 5.74) is 1.26. The summed E-state index contributed by atoms with van der Waals surface area (Å²) in [5, 5.41) is 9.87. The van der Waals surface area contributed by atoms with E-state index in [0.29, 0.717) is 38.6 Å². The van der Waals surface area contributed by atoms with Crippen molar-refractivity contribution in [1.29, 1.82) is 0 Å². The average Bonchev–Trinajstić information content (AvgIpc) is 3.07. The van der Waals surface area contributed by atoms with Crippen LogP contribution >= 0.6 is 11.3 Å². The van der Waals surface area contributed by atoms with Crippen LogP contribution in [0.15, 0.2) is 16.8 Å². The van der Waals surface area contributed by atoms with E-state index in [2.05, 4.69) is 29.0 Å². The molecule has 1 saturated heterocycles. The molecule has 0 saturated carbocycles. The molecule has 0 aromatic carbocycles. The van der Waals surface area contributed by atoms with Gasteiger partial charge in [-0.15, -0.1) is 0 Å². The van der Waals surface area contributed by atoms with Crippen LogP contribution in [0.2, 0.25) is 0 Å². The second-order valence-corrected chi connectivity index (χ2v) is 5.96. The molecule has 112 valence electrons. The van der Waals surface area contributed by atoms with Gasteiger partial charge in [0.2, 0.25) is 0 Å². The molecule has 0 aliphatic carbocycles. The minimum atomic E-state index is -0.544. The van der Waals surface area contributed by atoms with E-state index >= 15 is 0 Å². The summed E-state index contributed by atoms with van der Waals surface area (Å²) in [7, 11) is 0. The van der Waals surface area contributed by atoms with E-state index in [9.17, 15) is 4.79 Å². The lowest BCUT2D eigenvalue weighted by molar-refractivity contribution is -0.145. The normalized spacial score (nSPS) is 18.7. The molecule has 5 nitrogen and oxygen atoms in total. The van der Waals surface area contributed by atoms with Gasteiger partial charge in [-0.3, -0.25) is 0 Å². The number of thiophene rings is 1. The van der Waals surface area contributed by atoms with Crippen molar-refractivity contribution in [2.75, 3.05) is 26.3 Å². The molecule has 1 aliphatic heterocycles. The van der Waals surface area contributed by atoms with E-state index in [1.165, 1.54) is 5.56 Å². The van der Waals surface area contributed by atoms with Gasteiger partial charge in [-0.05, 0) is 35.2 Å². The number of hydrogen-bond acceptors (Lipinski definition) is 4. The van der Waals surface area contributed by atoms with Crippen LogP contribution in [0.3, 0.4) is 0 Å². The minimum absolute atomic E-state index is 0.145. The monoisotopic (exact) mass is 298 g/mol. The van der Waals surface area contributed by atoms with Gasteiger partial charge in [-0.2, -0.15) is 11.3 Å². The van der Waals surface area contributed by atoms with Crippen LogP contribution in [0.4, 0.5) is 4.79 Å². The highest BCUT2D eigenvalue weighted by molar-refractivity contribution is 7.07. The van der Waals surface area contributed by atoms with E-state index in [1.54, 1.807) is 11.3 Å². The zero-order valence-electron chi connectivity index (χ0n) is 12.0. The summed E-state index contributed by atoms with van der Waals surface area (Å²) in [6, 6.07) is 1.94. The van der Waals surface area contributed by atoms with E-state index in [-0.39, 0.29) is 6.03 Å². The van der Waals surface area contributed by atoms with Crippen LogP contribution in [0.5, 0.6) is 0 Å². The van der Waals surface area contributed by atoms with Crippen LogP contribution in [0.1, 0.15) is 31.7 Å². The van der Waals surface area contributed by atoms with Gasteiger partial charge in [-0.25, -0.2) is 4.79 Å². The van der Waals surface area contributed by atoms with E-state index < -0.39 is 5.79 Å². The quantitative estimate of drug-likeness (QED) is 0.847. The van der Waals surface area contributed by atoms with Gasteiger partial charge in [0.05, 0.1) is 13.2 Å². The van der Waals surface area contributed by atoms with Crippen molar-refractivity contribution in [2.45, 2.75) is 32.0 Å². The van der Waals surface area contributed by atoms with Crippen molar-refractivity contribution in [3.63, 3.8) is 0 Å². The maximum Gasteiger partial charge on any atom is 0.314 e. The summed E-state index contributed by atoms with van der Waals surface area (Å²) in [5.74, 6) is -0.219. The third-order valence-corrected chi connectivity index (χ3v) is 4.15. The number of amides is 2. The molecule has 1 atom stereocenters. The lowest BCUT2D eigenvalue weighted by Crippen LogP contribution is -2.40. The number of hydrogen-bond donors (Lipinski definition) is 2. The van der Waals surface area contributed by atoms with Gasteiger partial charge < -0.3 is 20.1 Å². The van der Waals surface area contributed by atoms with Crippen LogP contribution in [-0.4, -0.2) is 38.1 Å². The summed E-state index contributed by atoms with van der Waals surface area (Å²) >= 11 is 1.67. The highest BCUT2D eigenvalue weighted by atomic mass is 32.1. The Balaban J connectivity index is 1.61. The maximum atomic E-state index is 11.7. The summed E-state index contributed by atoms with van der Waals surface area (Å²) in [6.45, 7) is 6.42. The first-order chi connectivity index (χ1) is 9.59. The maximum absolute atomic E-state index is 11.7. The Morgan fingerprint density at radius 1 is 1.45 bits per heavy atom. The van der Waals surface area contributed by atoms with Crippen molar-refractivity contribution in [2.24, 2.45) is 0 Å². The second-order valence-electron chi connectivity index (χ2n) is 5.18. The Labute approximate surface area is 123 Å². The second kappa shape index (κ2) is 7.06. The number of ether oxygens (including phenoxy) is 2. The molecule has 1 aromatic heterocycles. The molecule has 6 heteroatoms. The van der Waals surface area contributed by atoms with Gasteiger partial charge in [0.15, 0.2) is 5.79 Å². The molecule has 2 heterocycles. The lowest BCUT2D eigenvalue weighted by atomic mass is 10.1. The van der Waals surface area contributed by atoms with Crippen LogP contribution in [0.25, 0.3) is 0 Å². The van der Waals surface area contributed by atoms with Crippen molar-refractivity contribution >= 4 is 17.4 Å². The van der Waals surface area contributed by atoms with Gasteiger partial charge >= 0.3 is 6.03 Å². The highest BCUT2D eigenvalue weighted by Crippen LogP contribution is 2.21. The Morgan fingerprint density at radius 3 is 2.85 bits per heavy atom. The lowest BCUT2D eigenvalue weighted by Gasteiger charge is -2.22. The first-order valence-electron chi connectivity index (χ1n) is 6.91. The molecular weight excluding hydrogens is 276 g/mol. The van der Waals surface area contributed by atoms with Crippen LogP contribution < -0.4 is 10.6 Å². The smallest absolute Gasteiger partial charge is 0.314 e. The minimum Gasteiger partial charge on any atom is -0.348 e. The SMILES string of the molecule is C[C@H](CNC(=O)NCCC1(C)OCCO1)c1ccsc1. The molecule has 20 heavy (non-hydrogen) atoms. The number of carbonyl (C=O) groups excluding carboxylic acids is 1. The number of rotatable bonds is 6. The topological polar surface area (TPSA) is 59.6 Å². The zero-order chi connectivity index (χ0) is 14.4. The van der Waals surface area contributed by atoms with Gasteiger partial charge in [-0.1, -0.05) is 6.92 Å². The molecule has 1 aromatic rings. The standard InChI is InChI=1S/C14H22N2O3S/c1-11(12-3-8-20-10-12)9-16-13(17)15-5-4-14(2)18-6-7-19-14/h3,8,10-11H,4-7,9H2,1-2H3,(H2,15,16,17)/t11-/m1/s1. The van der Waals surface area contributed by atoms with E-state index in [0.717, 1.165) is 0 Å². The molecule has 1 fully saturated rings. The zero-order valence-corrected chi connectivity index (χ0v) is 12.8. The van der Waals surface area contributed by atoms with Gasteiger partial charge in [0.25, 0.3) is 0 Å². The molecule has 2 amide bonds. The average molecular weight is 298 g/mol. The third-order valence-electron chi connectivity index (χ3n) is 3.44. The third kappa shape index (κ3) is 4.47. The Kier molecular flexibility index (Phi) is 5.39. The van der Waals surface area contributed by atoms with Crippen LogP contribution in [-0.2, 0) is 9.47 Å². The molecule has 0 radical (unpaired) electrons. The first-order valence-corrected chi connectivity index (χ1v) is 7.85. The Bertz CT molecular complexity index is 416. The predicted octanol–water partition coefficient (Wildman–Crippen LogP) is 2.30. The Morgan fingerprint density at radius 2 is 2.20 bits per heavy atom. The predicted molar refractivity (Wildman–Crippen MR) is 79.1 cm³/mol. The summed E-state index contributed by atoms with van der Waals surface area (Å²) in [4.78, 5) is 11.7. The van der Waals surface area contributed by atoms with Crippen molar-refractivity contribution in [1.82, 2.24) is 10.6 Å². The fourth-order valence-electron chi connectivity index (χ4n) is 2.09. The number of nitrogens with one attached hydrogen (secondary N) is 2. The van der Waals surface area contributed by atoms with Gasteiger partial charge in [0.1, 0.15) is 0 Å².